The van der Waals surface area contributed by atoms with Crippen molar-refractivity contribution >= 4 is 21.4 Å². The molecule has 8 heteroatoms. The van der Waals surface area contributed by atoms with E-state index in [1.54, 1.807) is 19.5 Å². The average Bonchev–Trinajstić information content (AvgIpc) is 2.89. The van der Waals surface area contributed by atoms with Crippen LogP contribution in [-0.4, -0.2) is 34.7 Å². The molecule has 2 aromatic rings. The zero-order valence-corrected chi connectivity index (χ0v) is 12.0. The number of nitrogens with one attached hydrogen (secondary N) is 1. The molecule has 0 radical (unpaired) electrons. The van der Waals surface area contributed by atoms with E-state index in [2.05, 4.69) is 15.0 Å². The van der Waals surface area contributed by atoms with Gasteiger partial charge in [0.25, 0.3) is 10.0 Å². The quantitative estimate of drug-likeness (QED) is 0.919. The minimum absolute atomic E-state index is 0.115. The lowest BCUT2D eigenvalue weighted by Crippen LogP contribution is -2.26. The number of H-pyrrole nitrogens is 1. The van der Waals surface area contributed by atoms with Crippen molar-refractivity contribution in [3.63, 3.8) is 0 Å². The van der Waals surface area contributed by atoms with E-state index < -0.39 is 10.0 Å². The summed E-state index contributed by atoms with van der Waals surface area (Å²) in [6, 6.07) is 0. The third kappa shape index (κ3) is 2.45. The van der Waals surface area contributed by atoms with Gasteiger partial charge in [-0.25, -0.2) is 18.4 Å². The summed E-state index contributed by atoms with van der Waals surface area (Å²) in [7, 11) is -1.97. The lowest BCUT2D eigenvalue weighted by atomic mass is 10.4. The highest BCUT2D eigenvalue weighted by Crippen LogP contribution is 2.19. The standard InChI is InChI=1S/C10H14N4O2S2/c1-7-9(17-6-12-7)5-14(3)18(15,16)10-4-11-8(2)13-10/h4,6H,5H2,1-3H3,(H,11,13). The normalized spacial score (nSPS) is 12.2. The van der Waals surface area contributed by atoms with Gasteiger partial charge in [-0.1, -0.05) is 0 Å². The first-order chi connectivity index (χ1) is 8.41. The highest BCUT2D eigenvalue weighted by molar-refractivity contribution is 7.89. The predicted octanol–water partition coefficient (Wildman–Crippen LogP) is 1.30. The van der Waals surface area contributed by atoms with Crippen LogP contribution in [0.1, 0.15) is 16.4 Å². The number of aromatic amines is 1. The van der Waals surface area contributed by atoms with Gasteiger partial charge >= 0.3 is 0 Å². The number of hydrogen-bond donors (Lipinski definition) is 1. The lowest BCUT2D eigenvalue weighted by Gasteiger charge is -2.15. The monoisotopic (exact) mass is 286 g/mol. The summed E-state index contributed by atoms with van der Waals surface area (Å²) in [5.74, 6) is 0.580. The van der Waals surface area contributed by atoms with E-state index in [9.17, 15) is 8.42 Å². The number of aryl methyl sites for hydroxylation is 2. The maximum absolute atomic E-state index is 12.2. The number of rotatable bonds is 4. The van der Waals surface area contributed by atoms with Gasteiger partial charge in [-0.15, -0.1) is 11.3 Å². The van der Waals surface area contributed by atoms with E-state index in [0.717, 1.165) is 10.6 Å². The van der Waals surface area contributed by atoms with Crippen molar-refractivity contribution < 1.29 is 8.42 Å². The van der Waals surface area contributed by atoms with E-state index in [-0.39, 0.29) is 5.03 Å². The van der Waals surface area contributed by atoms with Gasteiger partial charge in [-0.2, -0.15) is 4.31 Å². The molecule has 0 aliphatic heterocycles. The Bertz CT molecular complexity index is 644. The number of imidazole rings is 1. The van der Waals surface area contributed by atoms with Crippen molar-refractivity contribution in [1.82, 2.24) is 19.3 Å². The Balaban J connectivity index is 2.23. The molecule has 2 rings (SSSR count). The van der Waals surface area contributed by atoms with Crippen LogP contribution in [0.4, 0.5) is 0 Å². The molecule has 0 aromatic carbocycles. The second kappa shape index (κ2) is 4.79. The van der Waals surface area contributed by atoms with Crippen molar-refractivity contribution in [3.05, 3.63) is 28.1 Å². The topological polar surface area (TPSA) is 79.0 Å². The molecule has 0 saturated heterocycles. The summed E-state index contributed by atoms with van der Waals surface area (Å²) in [4.78, 5) is 11.7. The molecule has 0 aliphatic rings. The Kier molecular flexibility index (Phi) is 3.51. The highest BCUT2D eigenvalue weighted by Gasteiger charge is 2.23. The maximum Gasteiger partial charge on any atom is 0.260 e. The largest absolute Gasteiger partial charge is 0.332 e. The Morgan fingerprint density at radius 2 is 2.11 bits per heavy atom. The molecule has 18 heavy (non-hydrogen) atoms. The summed E-state index contributed by atoms with van der Waals surface area (Å²) < 4.78 is 25.7. The molecule has 2 aromatic heterocycles. The smallest absolute Gasteiger partial charge is 0.260 e. The van der Waals surface area contributed by atoms with Gasteiger partial charge in [-0.05, 0) is 13.8 Å². The minimum Gasteiger partial charge on any atom is -0.332 e. The molecule has 0 spiro atoms. The van der Waals surface area contributed by atoms with Crippen LogP contribution >= 0.6 is 11.3 Å². The number of sulfonamides is 1. The van der Waals surface area contributed by atoms with Gasteiger partial charge < -0.3 is 4.98 Å². The van der Waals surface area contributed by atoms with Gasteiger partial charge in [0.1, 0.15) is 5.82 Å². The van der Waals surface area contributed by atoms with Crippen LogP contribution in [0, 0.1) is 13.8 Å². The van der Waals surface area contributed by atoms with Crippen molar-refractivity contribution in [2.45, 2.75) is 25.4 Å². The van der Waals surface area contributed by atoms with Crippen molar-refractivity contribution in [2.75, 3.05) is 7.05 Å². The molecular weight excluding hydrogens is 272 g/mol. The second-order valence-corrected chi connectivity index (χ2v) is 6.91. The van der Waals surface area contributed by atoms with Crippen molar-refractivity contribution in [2.24, 2.45) is 0 Å². The van der Waals surface area contributed by atoms with E-state index in [1.807, 2.05) is 6.92 Å². The Morgan fingerprint density at radius 1 is 1.39 bits per heavy atom. The summed E-state index contributed by atoms with van der Waals surface area (Å²) in [5.41, 5.74) is 2.58. The molecule has 0 bridgehead atoms. The first-order valence-electron chi connectivity index (χ1n) is 5.28. The van der Waals surface area contributed by atoms with Crippen LogP contribution < -0.4 is 0 Å². The Labute approximate surface area is 110 Å². The molecule has 98 valence electrons. The van der Waals surface area contributed by atoms with Crippen LogP contribution in [0.3, 0.4) is 0 Å². The SMILES string of the molecule is Cc1ncc(S(=O)(=O)N(C)Cc2scnc2C)[nH]1. The molecule has 6 nitrogen and oxygen atoms in total. The third-order valence-corrected chi connectivity index (χ3v) is 5.21. The van der Waals surface area contributed by atoms with E-state index in [1.165, 1.54) is 21.8 Å². The highest BCUT2D eigenvalue weighted by atomic mass is 32.2. The first-order valence-corrected chi connectivity index (χ1v) is 7.60. The van der Waals surface area contributed by atoms with Crippen LogP contribution in [-0.2, 0) is 16.6 Å². The third-order valence-electron chi connectivity index (χ3n) is 2.58. The molecule has 0 saturated carbocycles. The van der Waals surface area contributed by atoms with Crippen LogP contribution in [0.15, 0.2) is 16.7 Å². The fraction of sp³-hybridized carbons (Fsp3) is 0.400. The fourth-order valence-corrected chi connectivity index (χ4v) is 3.47. The lowest BCUT2D eigenvalue weighted by molar-refractivity contribution is 0.466. The Morgan fingerprint density at radius 3 is 2.61 bits per heavy atom. The molecule has 0 amide bonds. The number of aromatic nitrogens is 3. The zero-order valence-electron chi connectivity index (χ0n) is 10.3. The molecule has 0 aliphatic carbocycles. The summed E-state index contributed by atoms with van der Waals surface area (Å²) in [6.07, 6.45) is 1.33. The van der Waals surface area contributed by atoms with Gasteiger partial charge in [0.15, 0.2) is 5.03 Å². The van der Waals surface area contributed by atoms with Crippen molar-refractivity contribution in [1.29, 1.82) is 0 Å². The van der Waals surface area contributed by atoms with Gasteiger partial charge in [-0.3, -0.25) is 0 Å². The van der Waals surface area contributed by atoms with E-state index in [0.29, 0.717) is 12.4 Å². The van der Waals surface area contributed by atoms with Crippen LogP contribution in [0.2, 0.25) is 0 Å². The van der Waals surface area contributed by atoms with Crippen LogP contribution in [0.25, 0.3) is 0 Å². The summed E-state index contributed by atoms with van der Waals surface area (Å²) in [6.45, 7) is 3.90. The van der Waals surface area contributed by atoms with Gasteiger partial charge in [0.2, 0.25) is 0 Å². The second-order valence-electron chi connectivity index (χ2n) is 3.95. The van der Waals surface area contributed by atoms with Gasteiger partial charge in [0, 0.05) is 18.5 Å². The minimum atomic E-state index is -3.52. The van der Waals surface area contributed by atoms with E-state index >= 15 is 0 Å². The van der Waals surface area contributed by atoms with Gasteiger partial charge in [0.05, 0.1) is 17.4 Å². The molecule has 2 heterocycles. The summed E-state index contributed by atoms with van der Waals surface area (Å²) in [5, 5.41) is 0.115. The van der Waals surface area contributed by atoms with Crippen molar-refractivity contribution in [3.8, 4) is 0 Å². The number of thiazole rings is 1. The Hall–Kier alpha value is -1.25. The molecule has 0 unspecified atom stereocenters. The predicted molar refractivity (Wildman–Crippen MR) is 68.8 cm³/mol. The molecule has 0 fully saturated rings. The number of nitrogens with zero attached hydrogens (tertiary/aromatic N) is 3. The zero-order chi connectivity index (χ0) is 13.3. The summed E-state index contributed by atoms with van der Waals surface area (Å²) >= 11 is 1.45. The average molecular weight is 286 g/mol. The fourth-order valence-electron chi connectivity index (χ4n) is 1.46. The van der Waals surface area contributed by atoms with E-state index in [4.69, 9.17) is 0 Å². The van der Waals surface area contributed by atoms with Crippen LogP contribution in [0.5, 0.6) is 0 Å². The number of hydrogen-bond acceptors (Lipinski definition) is 5. The molecule has 0 atom stereocenters. The first kappa shape index (κ1) is 13.2. The molecular formula is C10H14N4O2S2. The maximum atomic E-state index is 12.2. The molecule has 1 N–H and O–H groups in total.